The van der Waals surface area contributed by atoms with Crippen LogP contribution in [0.1, 0.15) is 15.2 Å². The first-order valence-corrected chi connectivity index (χ1v) is 11.6. The number of anilines is 2. The molecule has 0 aliphatic carbocycles. The van der Waals surface area contributed by atoms with Gasteiger partial charge in [0, 0.05) is 36.8 Å². The third-order valence-corrected chi connectivity index (χ3v) is 6.11. The van der Waals surface area contributed by atoms with Gasteiger partial charge in [0.25, 0.3) is 11.6 Å². The fourth-order valence-corrected chi connectivity index (χ4v) is 4.24. The number of nitro benzene ring substituents is 1. The molecule has 1 aliphatic heterocycles. The first-order valence-electron chi connectivity index (χ1n) is 10.7. The van der Waals surface area contributed by atoms with Crippen LogP contribution in [0, 0.1) is 10.1 Å². The van der Waals surface area contributed by atoms with Gasteiger partial charge in [0.1, 0.15) is 18.9 Å². The average molecular weight is 498 g/mol. The fourth-order valence-electron chi connectivity index (χ4n) is 3.55. The van der Waals surface area contributed by atoms with E-state index in [0.717, 1.165) is 10.9 Å². The number of ether oxygens (including phenoxy) is 3. The first kappa shape index (κ1) is 24.0. The first-order chi connectivity index (χ1) is 16.8. The topological polar surface area (TPSA) is 111 Å². The van der Waals surface area contributed by atoms with Crippen molar-refractivity contribution in [1.29, 1.82) is 0 Å². The van der Waals surface area contributed by atoms with Gasteiger partial charge in [-0.15, -0.1) is 11.3 Å². The van der Waals surface area contributed by atoms with Crippen LogP contribution >= 0.6 is 11.3 Å². The Bertz CT molecular complexity index is 1240. The van der Waals surface area contributed by atoms with Crippen molar-refractivity contribution in [3.8, 4) is 11.5 Å². The molecule has 182 valence electrons. The monoisotopic (exact) mass is 497 g/mol. The number of amides is 1. The smallest absolute Gasteiger partial charge is 0.338 e. The molecule has 10 nitrogen and oxygen atoms in total. The fraction of sp³-hybridized carbons (Fsp3) is 0.250. The Morgan fingerprint density at radius 2 is 1.86 bits per heavy atom. The quantitative estimate of drug-likeness (QED) is 0.262. The Morgan fingerprint density at radius 1 is 1.09 bits per heavy atom. The summed E-state index contributed by atoms with van der Waals surface area (Å²) in [4.78, 5) is 40.6. The Labute approximate surface area is 205 Å². The van der Waals surface area contributed by atoms with Crippen LogP contribution in [-0.2, 0) is 16.1 Å². The normalized spacial score (nSPS) is 12.1. The zero-order valence-corrected chi connectivity index (χ0v) is 19.9. The number of nitro groups is 1. The van der Waals surface area contributed by atoms with Crippen LogP contribution < -0.4 is 19.3 Å². The van der Waals surface area contributed by atoms with Crippen molar-refractivity contribution in [3.05, 3.63) is 74.5 Å². The molecule has 4 rings (SSSR count). The average Bonchev–Trinajstić information content (AvgIpc) is 3.38. The molecular formula is C24H23N3O7S. The van der Waals surface area contributed by atoms with Gasteiger partial charge in [-0.25, -0.2) is 4.79 Å². The third kappa shape index (κ3) is 5.52. The maximum Gasteiger partial charge on any atom is 0.338 e. The summed E-state index contributed by atoms with van der Waals surface area (Å²) in [6.45, 7) is 0.595. The molecule has 0 atom stereocenters. The number of carbonyl (C=O) groups excluding carboxylic acids is 2. The van der Waals surface area contributed by atoms with Crippen LogP contribution in [0.15, 0.2) is 53.9 Å². The van der Waals surface area contributed by atoms with Gasteiger partial charge >= 0.3 is 5.97 Å². The number of nitrogens with zero attached hydrogens (tertiary/aromatic N) is 3. The second-order valence-electron chi connectivity index (χ2n) is 7.82. The largest absolute Gasteiger partial charge is 0.486 e. The summed E-state index contributed by atoms with van der Waals surface area (Å²) in [7, 11) is 3.33. The minimum Gasteiger partial charge on any atom is -0.486 e. The molecule has 0 N–H and O–H groups in total. The van der Waals surface area contributed by atoms with Gasteiger partial charge in [-0.3, -0.25) is 14.9 Å². The van der Waals surface area contributed by atoms with E-state index in [4.69, 9.17) is 14.2 Å². The highest BCUT2D eigenvalue weighted by Gasteiger charge is 2.23. The van der Waals surface area contributed by atoms with Crippen molar-refractivity contribution in [2.45, 2.75) is 6.54 Å². The second-order valence-corrected chi connectivity index (χ2v) is 8.85. The molecule has 3 aromatic rings. The van der Waals surface area contributed by atoms with Crippen LogP contribution in [0.4, 0.5) is 17.1 Å². The zero-order valence-electron chi connectivity index (χ0n) is 19.1. The Hall–Kier alpha value is -4.12. The number of rotatable bonds is 8. The second kappa shape index (κ2) is 10.4. The predicted molar refractivity (Wildman–Crippen MR) is 131 cm³/mol. The van der Waals surface area contributed by atoms with Gasteiger partial charge in [0.15, 0.2) is 18.1 Å². The lowest BCUT2D eigenvalue weighted by molar-refractivity contribution is -0.384. The number of hydrogen-bond acceptors (Lipinski definition) is 9. The Kier molecular flexibility index (Phi) is 7.16. The molecular weight excluding hydrogens is 474 g/mol. The van der Waals surface area contributed by atoms with Crippen molar-refractivity contribution in [2.75, 3.05) is 43.7 Å². The number of carbonyl (C=O) groups is 2. The standard InChI is InChI=1S/C24H23N3O7S/c1-25(2)19-7-5-16(12-20(19)27(30)31)24(29)34-15-23(28)26(14-18-4-3-11-35-18)17-6-8-21-22(13-17)33-10-9-32-21/h3-8,11-13H,9-10,14-15H2,1-2H3. The van der Waals surface area contributed by atoms with E-state index in [-0.39, 0.29) is 17.8 Å². The summed E-state index contributed by atoms with van der Waals surface area (Å²) in [5.41, 5.74) is 0.670. The Balaban J connectivity index is 1.52. The van der Waals surface area contributed by atoms with E-state index in [9.17, 15) is 19.7 Å². The third-order valence-electron chi connectivity index (χ3n) is 5.25. The highest BCUT2D eigenvalue weighted by molar-refractivity contribution is 7.09. The summed E-state index contributed by atoms with van der Waals surface area (Å²) >= 11 is 1.50. The van der Waals surface area contributed by atoms with E-state index in [0.29, 0.717) is 36.1 Å². The summed E-state index contributed by atoms with van der Waals surface area (Å²) in [6.07, 6.45) is 0. The maximum atomic E-state index is 13.2. The van der Waals surface area contributed by atoms with Gasteiger partial charge in [-0.2, -0.15) is 0 Å². The molecule has 35 heavy (non-hydrogen) atoms. The summed E-state index contributed by atoms with van der Waals surface area (Å²) in [5, 5.41) is 13.3. The molecule has 1 amide bonds. The molecule has 0 saturated heterocycles. The molecule has 2 heterocycles. The van der Waals surface area contributed by atoms with E-state index < -0.39 is 23.4 Å². The number of hydrogen-bond donors (Lipinski definition) is 0. The number of esters is 1. The number of benzene rings is 2. The van der Waals surface area contributed by atoms with Gasteiger partial charge in [-0.1, -0.05) is 6.07 Å². The van der Waals surface area contributed by atoms with Crippen LogP contribution in [-0.4, -0.2) is 50.7 Å². The van der Waals surface area contributed by atoms with Gasteiger partial charge in [-0.05, 0) is 35.7 Å². The minimum atomic E-state index is -0.829. The number of fused-ring (bicyclic) bond motifs is 1. The van der Waals surface area contributed by atoms with E-state index in [1.54, 1.807) is 37.2 Å². The minimum absolute atomic E-state index is 0.0146. The van der Waals surface area contributed by atoms with Crippen LogP contribution in [0.25, 0.3) is 0 Å². The lowest BCUT2D eigenvalue weighted by Crippen LogP contribution is -2.34. The summed E-state index contributed by atoms with van der Waals surface area (Å²) in [6, 6.07) is 13.0. The van der Waals surface area contributed by atoms with E-state index >= 15 is 0 Å². The van der Waals surface area contributed by atoms with E-state index in [2.05, 4.69) is 0 Å². The van der Waals surface area contributed by atoms with E-state index in [1.165, 1.54) is 28.4 Å². The molecule has 1 aliphatic rings. The van der Waals surface area contributed by atoms with Crippen molar-refractivity contribution in [1.82, 2.24) is 0 Å². The van der Waals surface area contributed by atoms with Gasteiger partial charge in [0.05, 0.1) is 17.0 Å². The zero-order chi connectivity index (χ0) is 24.9. The van der Waals surface area contributed by atoms with Crippen LogP contribution in [0.2, 0.25) is 0 Å². The van der Waals surface area contributed by atoms with Crippen molar-refractivity contribution in [3.63, 3.8) is 0 Å². The SMILES string of the molecule is CN(C)c1ccc(C(=O)OCC(=O)N(Cc2cccs2)c2ccc3c(c2)OCCO3)cc1[N+](=O)[O-]. The van der Waals surface area contributed by atoms with Crippen molar-refractivity contribution >= 4 is 40.3 Å². The lowest BCUT2D eigenvalue weighted by atomic mass is 10.1. The van der Waals surface area contributed by atoms with Crippen molar-refractivity contribution < 1.29 is 28.7 Å². The molecule has 0 radical (unpaired) electrons. The summed E-state index contributed by atoms with van der Waals surface area (Å²) in [5.74, 6) is -0.159. The lowest BCUT2D eigenvalue weighted by Gasteiger charge is -2.25. The van der Waals surface area contributed by atoms with Gasteiger partial charge < -0.3 is 24.0 Å². The molecule has 0 bridgehead atoms. The highest BCUT2D eigenvalue weighted by atomic mass is 32.1. The summed E-state index contributed by atoms with van der Waals surface area (Å²) < 4.78 is 16.4. The van der Waals surface area contributed by atoms with Crippen molar-refractivity contribution in [2.24, 2.45) is 0 Å². The molecule has 0 fully saturated rings. The van der Waals surface area contributed by atoms with E-state index in [1.807, 2.05) is 17.5 Å². The molecule has 0 saturated carbocycles. The molecule has 2 aromatic carbocycles. The highest BCUT2D eigenvalue weighted by Crippen LogP contribution is 2.35. The maximum absolute atomic E-state index is 13.2. The Morgan fingerprint density at radius 3 is 2.54 bits per heavy atom. The molecule has 11 heteroatoms. The van der Waals surface area contributed by atoms with Crippen LogP contribution in [0.5, 0.6) is 11.5 Å². The number of thiophene rings is 1. The van der Waals surface area contributed by atoms with Gasteiger partial charge in [0.2, 0.25) is 0 Å². The molecule has 0 spiro atoms. The predicted octanol–water partition coefficient (Wildman–Crippen LogP) is 3.88. The molecule has 1 aromatic heterocycles. The molecule has 0 unspecified atom stereocenters. The van der Waals surface area contributed by atoms with Crippen LogP contribution in [0.3, 0.4) is 0 Å².